The third-order valence-electron chi connectivity index (χ3n) is 3.28. The largest absolute Gasteiger partial charge is 0.459 e. The van der Waals surface area contributed by atoms with Crippen LogP contribution in [-0.2, 0) is 0 Å². The van der Waals surface area contributed by atoms with E-state index in [1.165, 1.54) is 6.26 Å². The number of furan rings is 1. The number of aromatic nitrogens is 5. The van der Waals surface area contributed by atoms with Gasteiger partial charge < -0.3 is 15.1 Å². The van der Waals surface area contributed by atoms with E-state index in [0.717, 1.165) is 0 Å². The maximum Gasteiger partial charge on any atom is 0.273 e. The van der Waals surface area contributed by atoms with Gasteiger partial charge in [-0.2, -0.15) is 10.1 Å². The fourth-order valence-corrected chi connectivity index (χ4v) is 2.35. The number of aromatic amines is 1. The van der Waals surface area contributed by atoms with Crippen LogP contribution in [0.4, 0.5) is 17.3 Å². The van der Waals surface area contributed by atoms with Gasteiger partial charge in [-0.25, -0.2) is 4.98 Å². The molecule has 3 N–H and O–H groups in total. The van der Waals surface area contributed by atoms with Gasteiger partial charge in [0.1, 0.15) is 11.2 Å². The lowest BCUT2D eigenvalue weighted by atomic mass is 10.3. The molecule has 0 unspecified atom stereocenters. The predicted molar refractivity (Wildman–Crippen MR) is 90.9 cm³/mol. The average Bonchev–Trinajstić information content (AvgIpc) is 3.25. The van der Waals surface area contributed by atoms with Gasteiger partial charge in [-0.15, -0.1) is 0 Å². The van der Waals surface area contributed by atoms with Crippen LogP contribution in [0.15, 0.2) is 47.3 Å². The third-order valence-corrected chi connectivity index (χ3v) is 3.45. The normalized spacial score (nSPS) is 10.8. The summed E-state index contributed by atoms with van der Waals surface area (Å²) in [6.07, 6.45) is 4.66. The van der Waals surface area contributed by atoms with Gasteiger partial charge in [0.25, 0.3) is 5.91 Å². The minimum atomic E-state index is -0.337. The highest BCUT2D eigenvalue weighted by atomic mass is 35.5. The molecule has 0 atom stereocenters. The maximum atomic E-state index is 12.2. The fraction of sp³-hybridized carbons (Fsp3) is 0. The molecule has 0 saturated carbocycles. The van der Waals surface area contributed by atoms with Gasteiger partial charge in [0.15, 0.2) is 17.2 Å². The first kappa shape index (κ1) is 15.1. The molecule has 4 heterocycles. The number of rotatable bonds is 4. The van der Waals surface area contributed by atoms with Crippen molar-refractivity contribution >= 4 is 45.9 Å². The molecule has 0 spiro atoms. The lowest BCUT2D eigenvalue weighted by Gasteiger charge is -2.02. The van der Waals surface area contributed by atoms with Gasteiger partial charge in [0, 0.05) is 30.2 Å². The lowest BCUT2D eigenvalue weighted by Crippen LogP contribution is -2.12. The van der Waals surface area contributed by atoms with Crippen molar-refractivity contribution < 1.29 is 9.21 Å². The molecular formula is C15H10ClN7O2. The number of carbonyl (C=O) groups excluding carboxylic acids is 1. The number of H-pyrrole nitrogens is 1. The molecule has 0 bridgehead atoms. The van der Waals surface area contributed by atoms with Crippen molar-refractivity contribution in [2.45, 2.75) is 0 Å². The van der Waals surface area contributed by atoms with E-state index in [-0.39, 0.29) is 16.9 Å². The number of hydrogen-bond acceptors (Lipinski definition) is 7. The van der Waals surface area contributed by atoms with Gasteiger partial charge in [-0.05, 0) is 23.7 Å². The molecule has 0 aliphatic heterocycles. The number of carbonyl (C=O) groups is 1. The summed E-state index contributed by atoms with van der Waals surface area (Å²) in [5.74, 6) is 0.399. The van der Waals surface area contributed by atoms with Crippen LogP contribution in [0.3, 0.4) is 0 Å². The van der Waals surface area contributed by atoms with Crippen molar-refractivity contribution in [3.8, 4) is 0 Å². The SMILES string of the molecule is O=C(Nc1ccncc1)c1cc(Nc2nc(Cl)nc3ccoc23)n[nH]1. The average molecular weight is 356 g/mol. The Hall–Kier alpha value is -3.46. The Morgan fingerprint density at radius 1 is 1.20 bits per heavy atom. The minimum Gasteiger partial charge on any atom is -0.459 e. The first-order valence-corrected chi connectivity index (χ1v) is 7.51. The highest BCUT2D eigenvalue weighted by molar-refractivity contribution is 6.28. The minimum absolute atomic E-state index is 0.0718. The van der Waals surface area contributed by atoms with Crippen molar-refractivity contribution in [2.24, 2.45) is 0 Å². The van der Waals surface area contributed by atoms with Crippen LogP contribution < -0.4 is 10.6 Å². The summed E-state index contributed by atoms with van der Waals surface area (Å²) in [5.41, 5.74) is 1.91. The van der Waals surface area contributed by atoms with E-state index in [0.29, 0.717) is 28.4 Å². The van der Waals surface area contributed by atoms with E-state index in [9.17, 15) is 4.79 Å². The maximum absolute atomic E-state index is 12.2. The second-order valence-corrected chi connectivity index (χ2v) is 5.30. The monoisotopic (exact) mass is 355 g/mol. The Kier molecular flexibility index (Phi) is 3.75. The predicted octanol–water partition coefficient (Wildman–Crippen LogP) is 2.99. The molecule has 0 aromatic carbocycles. The van der Waals surface area contributed by atoms with E-state index in [4.69, 9.17) is 16.0 Å². The molecule has 1 amide bonds. The zero-order chi connectivity index (χ0) is 17.2. The molecule has 4 rings (SSSR count). The Morgan fingerprint density at radius 3 is 2.88 bits per heavy atom. The van der Waals surface area contributed by atoms with Crippen LogP contribution in [0.5, 0.6) is 0 Å². The van der Waals surface area contributed by atoms with Crippen LogP contribution in [0, 0.1) is 0 Å². The Bertz CT molecular complexity index is 1040. The van der Waals surface area contributed by atoms with Crippen LogP contribution in [-0.4, -0.2) is 31.1 Å². The second-order valence-electron chi connectivity index (χ2n) is 4.96. The molecule has 10 heteroatoms. The van der Waals surface area contributed by atoms with Crippen LogP contribution in [0.1, 0.15) is 10.5 Å². The fourth-order valence-electron chi connectivity index (χ4n) is 2.18. The quantitative estimate of drug-likeness (QED) is 0.481. The number of halogens is 1. The second kappa shape index (κ2) is 6.21. The van der Waals surface area contributed by atoms with Crippen molar-refractivity contribution in [3.63, 3.8) is 0 Å². The topological polar surface area (TPSA) is 122 Å². The zero-order valence-electron chi connectivity index (χ0n) is 12.5. The van der Waals surface area contributed by atoms with E-state index >= 15 is 0 Å². The third kappa shape index (κ3) is 3.12. The molecule has 4 aromatic rings. The van der Waals surface area contributed by atoms with Gasteiger partial charge >= 0.3 is 0 Å². The van der Waals surface area contributed by atoms with Crippen molar-refractivity contribution in [3.05, 3.63) is 53.9 Å². The number of hydrogen-bond donors (Lipinski definition) is 3. The molecule has 0 radical (unpaired) electrons. The number of amides is 1. The molecule has 9 nitrogen and oxygen atoms in total. The number of anilines is 3. The standard InChI is InChI=1S/C15H10ClN7O2/c16-15-19-9-3-6-25-12(9)13(21-15)20-11-7-10(22-23-11)14(24)18-8-1-4-17-5-2-8/h1-7H,(H,17,18,24)(H2,19,20,21,22,23). The summed E-state index contributed by atoms with van der Waals surface area (Å²) in [6.45, 7) is 0. The summed E-state index contributed by atoms with van der Waals surface area (Å²) in [7, 11) is 0. The first-order valence-electron chi connectivity index (χ1n) is 7.13. The van der Waals surface area contributed by atoms with Crippen molar-refractivity contribution in [1.82, 2.24) is 25.1 Å². The molecule has 0 fully saturated rings. The Labute approximate surface area is 145 Å². The molecule has 0 aliphatic rings. The van der Waals surface area contributed by atoms with Gasteiger partial charge in [-0.1, -0.05) is 0 Å². The molecule has 124 valence electrons. The van der Waals surface area contributed by atoms with Gasteiger partial charge in [0.05, 0.1) is 6.26 Å². The van der Waals surface area contributed by atoms with E-state index in [1.54, 1.807) is 36.7 Å². The van der Waals surface area contributed by atoms with Crippen LogP contribution >= 0.6 is 11.6 Å². The van der Waals surface area contributed by atoms with Crippen molar-refractivity contribution in [1.29, 1.82) is 0 Å². The number of nitrogens with one attached hydrogen (secondary N) is 3. The smallest absolute Gasteiger partial charge is 0.273 e. The Morgan fingerprint density at radius 2 is 2.04 bits per heavy atom. The number of pyridine rings is 1. The number of nitrogens with zero attached hydrogens (tertiary/aromatic N) is 4. The molecule has 0 saturated heterocycles. The summed E-state index contributed by atoms with van der Waals surface area (Å²) < 4.78 is 5.34. The van der Waals surface area contributed by atoms with E-state index < -0.39 is 0 Å². The lowest BCUT2D eigenvalue weighted by molar-refractivity contribution is 0.102. The number of fused-ring (bicyclic) bond motifs is 1. The highest BCUT2D eigenvalue weighted by Gasteiger charge is 2.14. The summed E-state index contributed by atoms with van der Waals surface area (Å²) in [5, 5.41) is 12.4. The summed E-state index contributed by atoms with van der Waals surface area (Å²) in [4.78, 5) is 24.2. The molecular weight excluding hydrogens is 346 g/mol. The highest BCUT2D eigenvalue weighted by Crippen LogP contribution is 2.25. The Balaban J connectivity index is 1.55. The van der Waals surface area contributed by atoms with E-state index in [2.05, 4.69) is 35.8 Å². The van der Waals surface area contributed by atoms with Crippen LogP contribution in [0.2, 0.25) is 5.28 Å². The van der Waals surface area contributed by atoms with Gasteiger partial charge in [-0.3, -0.25) is 14.9 Å². The van der Waals surface area contributed by atoms with Gasteiger partial charge in [0.2, 0.25) is 5.28 Å². The summed E-state index contributed by atoms with van der Waals surface area (Å²) in [6, 6.07) is 6.58. The molecule has 0 aliphatic carbocycles. The van der Waals surface area contributed by atoms with Crippen molar-refractivity contribution in [2.75, 3.05) is 10.6 Å². The van der Waals surface area contributed by atoms with E-state index in [1.807, 2.05) is 0 Å². The molecule has 25 heavy (non-hydrogen) atoms. The summed E-state index contributed by atoms with van der Waals surface area (Å²) >= 11 is 5.89. The van der Waals surface area contributed by atoms with Crippen LogP contribution in [0.25, 0.3) is 11.1 Å². The first-order chi connectivity index (χ1) is 12.2. The molecule has 4 aromatic heterocycles. The zero-order valence-corrected chi connectivity index (χ0v) is 13.3.